The number of halogens is 2. The minimum absolute atomic E-state index is 0.0986. The molecule has 0 amide bonds. The first kappa shape index (κ1) is 10.8. The van der Waals surface area contributed by atoms with Gasteiger partial charge in [-0.25, -0.2) is 8.78 Å². The summed E-state index contributed by atoms with van der Waals surface area (Å²) in [6.07, 6.45) is 4.72. The van der Waals surface area contributed by atoms with E-state index in [1.54, 1.807) is 0 Å². The molecule has 1 spiro atoms. The summed E-state index contributed by atoms with van der Waals surface area (Å²) in [6.45, 7) is 0.608. The number of alkyl halides is 2. The molecular formula is C12H15F2N3O. The molecule has 2 atom stereocenters. The lowest BCUT2D eigenvalue weighted by atomic mass is 9.87. The smallest absolute Gasteiger partial charge is 0.254 e. The van der Waals surface area contributed by atoms with Crippen molar-refractivity contribution in [2.75, 3.05) is 0 Å². The molecule has 1 aromatic rings. The van der Waals surface area contributed by atoms with Crippen molar-refractivity contribution in [2.24, 2.45) is 5.41 Å². The van der Waals surface area contributed by atoms with E-state index in [-0.39, 0.29) is 18.5 Å². The molecule has 1 saturated carbocycles. The molecule has 18 heavy (non-hydrogen) atoms. The molecule has 3 heterocycles. The van der Waals surface area contributed by atoms with Gasteiger partial charge in [0.05, 0.1) is 6.54 Å². The first-order valence-electron chi connectivity index (χ1n) is 6.48. The molecule has 2 unspecified atom stereocenters. The van der Waals surface area contributed by atoms with E-state index in [9.17, 15) is 8.78 Å². The zero-order valence-electron chi connectivity index (χ0n) is 9.98. The molecule has 6 heteroatoms. The molecule has 0 aromatic carbocycles. The van der Waals surface area contributed by atoms with Gasteiger partial charge in [-0.05, 0) is 25.7 Å². The molecule has 1 aliphatic carbocycles. The van der Waals surface area contributed by atoms with E-state index in [2.05, 4.69) is 15.1 Å². The number of aromatic nitrogens is 2. The van der Waals surface area contributed by atoms with Gasteiger partial charge in [-0.15, -0.1) is 10.2 Å². The highest BCUT2D eigenvalue weighted by atomic mass is 19.3. The fourth-order valence-corrected chi connectivity index (χ4v) is 3.94. The molecule has 3 aliphatic rings. The highest BCUT2D eigenvalue weighted by molar-refractivity contribution is 5.17. The van der Waals surface area contributed by atoms with Crippen LogP contribution in [-0.4, -0.2) is 33.1 Å². The van der Waals surface area contributed by atoms with Gasteiger partial charge in [0.15, 0.2) is 0 Å². The lowest BCUT2D eigenvalue weighted by molar-refractivity contribution is 0.000270. The second-order valence-corrected chi connectivity index (χ2v) is 5.96. The van der Waals surface area contributed by atoms with Crippen LogP contribution in [0.4, 0.5) is 8.78 Å². The minimum Gasteiger partial charge on any atom is -0.427 e. The monoisotopic (exact) mass is 255 g/mol. The Morgan fingerprint density at radius 2 is 2.00 bits per heavy atom. The molecule has 4 rings (SSSR count). The van der Waals surface area contributed by atoms with Crippen LogP contribution < -0.4 is 0 Å². The standard InChI is InChI=1S/C12H15F2N3O/c13-12(14)6-11(12)3-8-1-2-9(4-11)17(8)5-10-16-15-7-18-10/h7-9H,1-6H2. The van der Waals surface area contributed by atoms with Gasteiger partial charge in [-0.3, -0.25) is 4.90 Å². The summed E-state index contributed by atoms with van der Waals surface area (Å²) in [4.78, 5) is 2.28. The van der Waals surface area contributed by atoms with Crippen LogP contribution in [0.25, 0.3) is 0 Å². The van der Waals surface area contributed by atoms with Crippen molar-refractivity contribution in [1.29, 1.82) is 0 Å². The zero-order valence-corrected chi connectivity index (χ0v) is 9.98. The fraction of sp³-hybridized carbons (Fsp3) is 0.833. The Morgan fingerprint density at radius 3 is 2.50 bits per heavy atom. The highest BCUT2D eigenvalue weighted by Crippen LogP contribution is 2.69. The summed E-state index contributed by atoms with van der Waals surface area (Å²) in [5.74, 6) is -1.82. The topological polar surface area (TPSA) is 42.2 Å². The van der Waals surface area contributed by atoms with Crippen LogP contribution in [0.5, 0.6) is 0 Å². The van der Waals surface area contributed by atoms with Gasteiger partial charge in [-0.2, -0.15) is 0 Å². The zero-order chi connectivity index (χ0) is 12.4. The molecule has 3 fully saturated rings. The fourth-order valence-electron chi connectivity index (χ4n) is 3.94. The van der Waals surface area contributed by atoms with Gasteiger partial charge in [0.25, 0.3) is 5.92 Å². The van der Waals surface area contributed by atoms with Gasteiger partial charge < -0.3 is 4.42 Å². The van der Waals surface area contributed by atoms with Crippen LogP contribution in [0.3, 0.4) is 0 Å². The summed E-state index contributed by atoms with van der Waals surface area (Å²) >= 11 is 0. The molecule has 0 N–H and O–H groups in total. The number of nitrogens with zero attached hydrogens (tertiary/aromatic N) is 3. The predicted octanol–water partition coefficient (Wildman–Crippen LogP) is 2.22. The summed E-state index contributed by atoms with van der Waals surface area (Å²) in [6, 6.07) is 0.535. The quantitative estimate of drug-likeness (QED) is 0.812. The molecule has 2 aliphatic heterocycles. The van der Waals surface area contributed by atoms with Gasteiger partial charge in [0, 0.05) is 23.9 Å². The van der Waals surface area contributed by atoms with Gasteiger partial charge in [0.1, 0.15) is 0 Å². The van der Waals surface area contributed by atoms with Crippen LogP contribution in [0.1, 0.15) is 38.0 Å². The maximum Gasteiger partial charge on any atom is 0.254 e. The number of fused-ring (bicyclic) bond motifs is 2. The third kappa shape index (κ3) is 1.38. The molecule has 2 bridgehead atoms. The van der Waals surface area contributed by atoms with E-state index in [1.807, 2.05) is 0 Å². The number of hydrogen-bond acceptors (Lipinski definition) is 4. The number of piperidine rings is 1. The molecule has 0 radical (unpaired) electrons. The highest BCUT2D eigenvalue weighted by Gasteiger charge is 2.73. The second kappa shape index (κ2) is 3.29. The maximum atomic E-state index is 13.5. The predicted molar refractivity (Wildman–Crippen MR) is 57.9 cm³/mol. The summed E-state index contributed by atoms with van der Waals surface area (Å²) in [5, 5.41) is 7.54. The first-order valence-corrected chi connectivity index (χ1v) is 6.48. The van der Waals surface area contributed by atoms with Crippen molar-refractivity contribution in [3.05, 3.63) is 12.3 Å². The summed E-state index contributed by atoms with van der Waals surface area (Å²) in [7, 11) is 0. The Morgan fingerprint density at radius 1 is 1.33 bits per heavy atom. The van der Waals surface area contributed by atoms with E-state index >= 15 is 0 Å². The Bertz CT molecular complexity index is 448. The molecule has 2 saturated heterocycles. The van der Waals surface area contributed by atoms with Crippen molar-refractivity contribution >= 4 is 0 Å². The lowest BCUT2D eigenvalue weighted by Crippen LogP contribution is -2.44. The largest absolute Gasteiger partial charge is 0.427 e. The van der Waals surface area contributed by atoms with Crippen LogP contribution >= 0.6 is 0 Å². The molecular weight excluding hydrogens is 240 g/mol. The van der Waals surface area contributed by atoms with Crippen molar-refractivity contribution < 1.29 is 13.2 Å². The first-order chi connectivity index (χ1) is 8.60. The van der Waals surface area contributed by atoms with Crippen LogP contribution in [0, 0.1) is 5.41 Å². The average Bonchev–Trinajstić information content (AvgIpc) is 2.72. The Hall–Kier alpha value is -1.04. The van der Waals surface area contributed by atoms with Crippen molar-refractivity contribution in [2.45, 2.75) is 56.7 Å². The van der Waals surface area contributed by atoms with E-state index < -0.39 is 11.3 Å². The Labute approximate surface area is 103 Å². The maximum absolute atomic E-state index is 13.5. The van der Waals surface area contributed by atoms with Crippen LogP contribution in [0.2, 0.25) is 0 Å². The Kier molecular flexibility index (Phi) is 1.98. The van der Waals surface area contributed by atoms with E-state index in [0.29, 0.717) is 25.3 Å². The van der Waals surface area contributed by atoms with Crippen molar-refractivity contribution in [1.82, 2.24) is 15.1 Å². The van der Waals surface area contributed by atoms with Crippen LogP contribution in [-0.2, 0) is 6.54 Å². The lowest BCUT2D eigenvalue weighted by Gasteiger charge is -2.38. The molecule has 4 nitrogen and oxygen atoms in total. The van der Waals surface area contributed by atoms with Crippen molar-refractivity contribution in [3.63, 3.8) is 0 Å². The average molecular weight is 255 g/mol. The van der Waals surface area contributed by atoms with Gasteiger partial charge >= 0.3 is 0 Å². The van der Waals surface area contributed by atoms with E-state index in [4.69, 9.17) is 4.42 Å². The number of hydrogen-bond donors (Lipinski definition) is 0. The van der Waals surface area contributed by atoms with E-state index in [1.165, 1.54) is 6.39 Å². The Balaban J connectivity index is 1.52. The third-order valence-corrected chi connectivity index (χ3v) is 4.96. The summed E-state index contributed by atoms with van der Waals surface area (Å²) < 4.78 is 32.1. The second-order valence-electron chi connectivity index (χ2n) is 5.96. The summed E-state index contributed by atoms with van der Waals surface area (Å²) in [5.41, 5.74) is -0.676. The van der Waals surface area contributed by atoms with Gasteiger partial charge in [-0.1, -0.05) is 0 Å². The molecule has 1 aromatic heterocycles. The number of rotatable bonds is 2. The SMILES string of the molecule is FC1(F)CC12CC1CCC(C2)N1Cc1nnco1. The van der Waals surface area contributed by atoms with Gasteiger partial charge in [0.2, 0.25) is 12.3 Å². The van der Waals surface area contributed by atoms with E-state index in [0.717, 1.165) is 12.8 Å². The van der Waals surface area contributed by atoms with Crippen molar-refractivity contribution in [3.8, 4) is 0 Å². The molecule has 98 valence electrons. The minimum atomic E-state index is -2.41. The third-order valence-electron chi connectivity index (χ3n) is 4.96. The normalized spacial score (nSPS) is 41.4. The van der Waals surface area contributed by atoms with Crippen LogP contribution in [0.15, 0.2) is 10.8 Å².